The Hall–Kier alpha value is -1.68. The highest BCUT2D eigenvalue weighted by Gasteiger charge is 2.12. The third-order valence-corrected chi connectivity index (χ3v) is 2.77. The lowest BCUT2D eigenvalue weighted by molar-refractivity contribution is -0.0503. The molecule has 2 aromatic carbocycles. The van der Waals surface area contributed by atoms with Crippen molar-refractivity contribution >= 4 is 10.8 Å². The molecular weight excluding hydrogens is 236 g/mol. The van der Waals surface area contributed by atoms with E-state index in [1.807, 2.05) is 31.2 Å². The fourth-order valence-corrected chi connectivity index (χ4v) is 1.95. The Morgan fingerprint density at radius 2 is 1.94 bits per heavy atom. The lowest BCUT2D eigenvalue weighted by Crippen LogP contribution is -2.14. The van der Waals surface area contributed by atoms with E-state index in [2.05, 4.69) is 10.1 Å². The topological polar surface area (TPSA) is 21.3 Å². The number of ether oxygens (including phenoxy) is 1. The molecule has 0 aliphatic heterocycles. The molecule has 96 valence electrons. The predicted octanol–water partition coefficient (Wildman–Crippen LogP) is 3.55. The summed E-state index contributed by atoms with van der Waals surface area (Å²) in [6, 6.07) is 11.1. The first-order chi connectivity index (χ1) is 8.72. The molecule has 0 saturated heterocycles. The summed E-state index contributed by atoms with van der Waals surface area (Å²) in [4.78, 5) is 0. The Bertz CT molecular complexity index is 528. The molecule has 0 unspecified atom stereocenters. The molecule has 0 aliphatic rings. The van der Waals surface area contributed by atoms with E-state index < -0.39 is 6.61 Å². The van der Waals surface area contributed by atoms with Crippen molar-refractivity contribution in [2.45, 2.75) is 20.1 Å². The zero-order chi connectivity index (χ0) is 13.0. The summed E-state index contributed by atoms with van der Waals surface area (Å²) in [5, 5.41) is 5.11. The van der Waals surface area contributed by atoms with Crippen molar-refractivity contribution < 1.29 is 13.5 Å². The number of alkyl halides is 2. The van der Waals surface area contributed by atoms with Crippen LogP contribution < -0.4 is 10.1 Å². The van der Waals surface area contributed by atoms with Gasteiger partial charge in [0.05, 0.1) is 0 Å². The molecule has 4 heteroatoms. The van der Waals surface area contributed by atoms with Gasteiger partial charge in [0.25, 0.3) is 0 Å². The second-order valence-corrected chi connectivity index (χ2v) is 3.92. The van der Waals surface area contributed by atoms with Gasteiger partial charge in [-0.3, -0.25) is 0 Å². The van der Waals surface area contributed by atoms with Gasteiger partial charge in [-0.1, -0.05) is 37.3 Å². The molecule has 2 rings (SSSR count). The van der Waals surface area contributed by atoms with Gasteiger partial charge >= 0.3 is 6.61 Å². The maximum Gasteiger partial charge on any atom is 0.387 e. The smallest absolute Gasteiger partial charge is 0.387 e. The number of halogens is 2. The minimum absolute atomic E-state index is 0.240. The van der Waals surface area contributed by atoms with Crippen LogP contribution in [0.3, 0.4) is 0 Å². The van der Waals surface area contributed by atoms with Crippen molar-refractivity contribution in [2.24, 2.45) is 0 Å². The van der Waals surface area contributed by atoms with Crippen LogP contribution in [-0.2, 0) is 6.54 Å². The Labute approximate surface area is 105 Å². The maximum absolute atomic E-state index is 12.4. The van der Waals surface area contributed by atoms with E-state index in [1.165, 1.54) is 0 Å². The highest BCUT2D eigenvalue weighted by molar-refractivity contribution is 5.87. The Kier molecular flexibility index (Phi) is 4.10. The minimum atomic E-state index is -2.80. The molecule has 0 fully saturated rings. The monoisotopic (exact) mass is 251 g/mol. The van der Waals surface area contributed by atoms with Gasteiger partial charge in [0.2, 0.25) is 0 Å². The van der Waals surface area contributed by atoms with Gasteiger partial charge in [-0.2, -0.15) is 8.78 Å². The molecule has 1 N–H and O–H groups in total. The Morgan fingerprint density at radius 1 is 1.17 bits per heavy atom. The summed E-state index contributed by atoms with van der Waals surface area (Å²) < 4.78 is 29.3. The third-order valence-electron chi connectivity index (χ3n) is 2.77. The van der Waals surface area contributed by atoms with Gasteiger partial charge in [0.1, 0.15) is 5.75 Å². The van der Waals surface area contributed by atoms with E-state index in [0.717, 1.165) is 22.9 Å². The molecule has 0 aliphatic carbocycles. The highest BCUT2D eigenvalue weighted by atomic mass is 19.3. The molecule has 0 spiro atoms. The standard InChI is InChI=1S/C14H15F2NO/c1-2-17-9-12-11-6-4-3-5-10(11)7-8-13(12)18-14(15)16/h3-8,14,17H,2,9H2,1H3. The van der Waals surface area contributed by atoms with Crippen molar-refractivity contribution in [1.82, 2.24) is 5.32 Å². The second-order valence-electron chi connectivity index (χ2n) is 3.92. The highest BCUT2D eigenvalue weighted by Crippen LogP contribution is 2.29. The van der Waals surface area contributed by atoms with E-state index >= 15 is 0 Å². The Morgan fingerprint density at radius 3 is 2.67 bits per heavy atom. The fraction of sp³-hybridized carbons (Fsp3) is 0.286. The summed E-state index contributed by atoms with van der Waals surface area (Å²) in [5.41, 5.74) is 0.773. The second kappa shape index (κ2) is 5.78. The third kappa shape index (κ3) is 2.76. The van der Waals surface area contributed by atoms with Crippen LogP contribution >= 0.6 is 0 Å². The van der Waals surface area contributed by atoms with Crippen molar-refractivity contribution in [1.29, 1.82) is 0 Å². The number of hydrogen-bond acceptors (Lipinski definition) is 2. The van der Waals surface area contributed by atoms with E-state index in [4.69, 9.17) is 0 Å². The summed E-state index contributed by atoms with van der Waals surface area (Å²) in [6.45, 7) is 0.460. The van der Waals surface area contributed by atoms with Gasteiger partial charge in [-0.15, -0.1) is 0 Å². The first-order valence-corrected chi connectivity index (χ1v) is 5.88. The number of benzene rings is 2. The van der Waals surface area contributed by atoms with E-state index in [1.54, 1.807) is 12.1 Å². The molecule has 0 heterocycles. The Balaban J connectivity index is 2.48. The molecule has 0 bridgehead atoms. The summed E-state index contributed by atoms with van der Waals surface area (Å²) in [6.07, 6.45) is 0. The van der Waals surface area contributed by atoms with Crippen LogP contribution in [0.5, 0.6) is 5.75 Å². The van der Waals surface area contributed by atoms with Gasteiger partial charge in [0, 0.05) is 12.1 Å². The molecule has 0 radical (unpaired) electrons. The number of hydrogen-bond donors (Lipinski definition) is 1. The van der Waals surface area contributed by atoms with E-state index in [9.17, 15) is 8.78 Å². The van der Waals surface area contributed by atoms with Crippen LogP contribution in [0.2, 0.25) is 0 Å². The fourth-order valence-electron chi connectivity index (χ4n) is 1.95. The first kappa shape index (κ1) is 12.8. The van der Waals surface area contributed by atoms with Gasteiger partial charge in [0.15, 0.2) is 0 Å². The van der Waals surface area contributed by atoms with Crippen LogP contribution in [0.25, 0.3) is 10.8 Å². The quantitative estimate of drug-likeness (QED) is 0.877. The SMILES string of the molecule is CCNCc1c(OC(F)F)ccc2ccccc12. The van der Waals surface area contributed by atoms with Crippen LogP contribution in [0.4, 0.5) is 8.78 Å². The molecule has 18 heavy (non-hydrogen) atoms. The normalized spacial score (nSPS) is 11.1. The van der Waals surface area contributed by atoms with Crippen molar-refractivity contribution in [3.05, 3.63) is 42.0 Å². The van der Waals surface area contributed by atoms with Crippen LogP contribution in [0, 0.1) is 0 Å². The van der Waals surface area contributed by atoms with Crippen molar-refractivity contribution in [3.63, 3.8) is 0 Å². The van der Waals surface area contributed by atoms with Crippen molar-refractivity contribution in [2.75, 3.05) is 6.54 Å². The van der Waals surface area contributed by atoms with Crippen molar-refractivity contribution in [3.8, 4) is 5.75 Å². The lowest BCUT2D eigenvalue weighted by atomic mass is 10.0. The molecule has 2 nitrogen and oxygen atoms in total. The molecule has 2 aromatic rings. The maximum atomic E-state index is 12.4. The first-order valence-electron chi connectivity index (χ1n) is 5.88. The lowest BCUT2D eigenvalue weighted by Gasteiger charge is -2.14. The zero-order valence-corrected chi connectivity index (χ0v) is 10.1. The van der Waals surface area contributed by atoms with Gasteiger partial charge < -0.3 is 10.1 Å². The number of nitrogens with one attached hydrogen (secondary N) is 1. The summed E-state index contributed by atoms with van der Waals surface area (Å²) >= 11 is 0. The molecule has 0 amide bonds. The van der Waals surface area contributed by atoms with Crippen LogP contribution in [0.15, 0.2) is 36.4 Å². The minimum Gasteiger partial charge on any atom is -0.434 e. The van der Waals surface area contributed by atoms with Crippen LogP contribution in [-0.4, -0.2) is 13.2 Å². The molecule has 0 aromatic heterocycles. The summed E-state index contributed by atoms with van der Waals surface area (Å²) in [7, 11) is 0. The molecular formula is C14H15F2NO. The van der Waals surface area contributed by atoms with Crippen LogP contribution in [0.1, 0.15) is 12.5 Å². The molecule has 0 saturated carbocycles. The van der Waals surface area contributed by atoms with E-state index in [-0.39, 0.29) is 5.75 Å². The van der Waals surface area contributed by atoms with E-state index in [0.29, 0.717) is 6.54 Å². The largest absolute Gasteiger partial charge is 0.434 e. The van der Waals surface area contributed by atoms with Gasteiger partial charge in [-0.25, -0.2) is 0 Å². The number of fused-ring (bicyclic) bond motifs is 1. The summed E-state index contributed by atoms with van der Waals surface area (Å²) in [5.74, 6) is 0.240. The zero-order valence-electron chi connectivity index (χ0n) is 10.1. The van der Waals surface area contributed by atoms with Gasteiger partial charge in [-0.05, 0) is 23.4 Å². The number of rotatable bonds is 5. The predicted molar refractivity (Wildman–Crippen MR) is 68.0 cm³/mol. The average Bonchev–Trinajstić information content (AvgIpc) is 2.37. The molecule has 0 atom stereocenters. The average molecular weight is 251 g/mol.